The number of aromatic carboxylic acids is 1. The molecule has 25 heavy (non-hydrogen) atoms. The fourth-order valence-corrected chi connectivity index (χ4v) is 3.85. The molecule has 3 rings (SSSR count). The summed E-state index contributed by atoms with van der Waals surface area (Å²) in [4.78, 5) is 41.4. The molecular weight excluding hydrogens is 364 g/mol. The summed E-state index contributed by atoms with van der Waals surface area (Å²) in [5, 5.41) is 9.04. The van der Waals surface area contributed by atoms with Gasteiger partial charge in [0.05, 0.1) is 21.5 Å². The first-order valence-electron chi connectivity index (χ1n) is 7.37. The summed E-state index contributed by atoms with van der Waals surface area (Å²) in [6.45, 7) is 1.79. The van der Waals surface area contributed by atoms with Crippen LogP contribution in [-0.2, 0) is 9.59 Å². The number of pyridine rings is 1. The van der Waals surface area contributed by atoms with E-state index < -0.39 is 17.1 Å². The van der Waals surface area contributed by atoms with Crippen molar-refractivity contribution in [3.63, 3.8) is 0 Å². The molecule has 1 aliphatic rings. The molecule has 1 saturated heterocycles. The van der Waals surface area contributed by atoms with Gasteiger partial charge in [-0.05, 0) is 30.7 Å². The van der Waals surface area contributed by atoms with Crippen molar-refractivity contribution in [2.75, 3.05) is 4.90 Å². The van der Waals surface area contributed by atoms with Crippen LogP contribution in [0.4, 0.5) is 5.69 Å². The smallest absolute Gasteiger partial charge is 0.338 e. The second-order valence-electron chi connectivity index (χ2n) is 5.45. The maximum atomic E-state index is 12.7. The number of carbonyl (C=O) groups excluding carboxylic acids is 2. The number of imide groups is 1. The van der Waals surface area contributed by atoms with Gasteiger partial charge in [-0.15, -0.1) is 0 Å². The summed E-state index contributed by atoms with van der Waals surface area (Å²) in [7, 11) is 0. The van der Waals surface area contributed by atoms with Gasteiger partial charge in [-0.2, -0.15) is 0 Å². The number of aromatic nitrogens is 1. The van der Waals surface area contributed by atoms with Crippen molar-refractivity contribution in [3.8, 4) is 0 Å². The van der Waals surface area contributed by atoms with Crippen LogP contribution in [0.3, 0.4) is 0 Å². The van der Waals surface area contributed by atoms with Crippen LogP contribution in [-0.4, -0.2) is 33.1 Å². The molecule has 1 aliphatic heterocycles. The van der Waals surface area contributed by atoms with E-state index in [9.17, 15) is 19.5 Å². The molecule has 1 aromatic carbocycles. The molecule has 0 unspecified atom stereocenters. The molecule has 1 aromatic heterocycles. The standard InChI is InChI=1S/C17H13ClN2O4S/c1-9-4-2-6-11(14(9)18)20-13(21)8-12(16(20)22)25-15-10(17(23)24)5-3-7-19-15/h2-7,12H,8H2,1H3,(H,23,24)/t12-/m0/s1. The molecule has 1 N–H and O–H groups in total. The number of carbonyl (C=O) groups is 3. The van der Waals surface area contributed by atoms with Gasteiger partial charge >= 0.3 is 5.97 Å². The van der Waals surface area contributed by atoms with E-state index in [0.717, 1.165) is 22.2 Å². The van der Waals surface area contributed by atoms with E-state index in [1.165, 1.54) is 18.3 Å². The number of halogens is 1. The van der Waals surface area contributed by atoms with Gasteiger partial charge in [0, 0.05) is 12.6 Å². The van der Waals surface area contributed by atoms with Gasteiger partial charge in [-0.1, -0.05) is 35.5 Å². The number of nitrogens with zero attached hydrogens (tertiary/aromatic N) is 2. The number of benzene rings is 1. The first kappa shape index (κ1) is 17.4. The average Bonchev–Trinajstić information content (AvgIpc) is 2.85. The quantitative estimate of drug-likeness (QED) is 0.824. The van der Waals surface area contributed by atoms with Crippen molar-refractivity contribution in [2.24, 2.45) is 0 Å². The van der Waals surface area contributed by atoms with E-state index in [-0.39, 0.29) is 22.9 Å². The number of amides is 2. The van der Waals surface area contributed by atoms with Crippen LogP contribution in [0, 0.1) is 6.92 Å². The minimum Gasteiger partial charge on any atom is -0.478 e. The lowest BCUT2D eigenvalue weighted by molar-refractivity contribution is -0.121. The zero-order chi connectivity index (χ0) is 18.1. The number of anilines is 1. The van der Waals surface area contributed by atoms with Crippen LogP contribution in [0.1, 0.15) is 22.3 Å². The van der Waals surface area contributed by atoms with Gasteiger partial charge in [0.25, 0.3) is 0 Å². The monoisotopic (exact) mass is 376 g/mol. The lowest BCUT2D eigenvalue weighted by Gasteiger charge is -2.17. The number of hydrogen-bond acceptors (Lipinski definition) is 5. The molecule has 6 nitrogen and oxygen atoms in total. The van der Waals surface area contributed by atoms with E-state index in [4.69, 9.17) is 11.6 Å². The van der Waals surface area contributed by atoms with Crippen LogP contribution >= 0.6 is 23.4 Å². The van der Waals surface area contributed by atoms with E-state index in [0.29, 0.717) is 10.7 Å². The van der Waals surface area contributed by atoms with Crippen LogP contribution in [0.15, 0.2) is 41.6 Å². The van der Waals surface area contributed by atoms with Crippen LogP contribution in [0.5, 0.6) is 0 Å². The molecular formula is C17H13ClN2O4S. The maximum Gasteiger partial charge on any atom is 0.338 e. The largest absolute Gasteiger partial charge is 0.478 e. The Morgan fingerprint density at radius 2 is 2.08 bits per heavy atom. The first-order chi connectivity index (χ1) is 11.9. The van der Waals surface area contributed by atoms with Gasteiger partial charge in [-0.3, -0.25) is 9.59 Å². The first-order valence-corrected chi connectivity index (χ1v) is 8.62. The van der Waals surface area contributed by atoms with Crippen molar-refractivity contribution < 1.29 is 19.5 Å². The Labute approximate surface area is 152 Å². The summed E-state index contributed by atoms with van der Waals surface area (Å²) in [5.74, 6) is -1.93. The van der Waals surface area contributed by atoms with Gasteiger partial charge < -0.3 is 5.11 Å². The van der Waals surface area contributed by atoms with Crippen LogP contribution in [0.25, 0.3) is 0 Å². The maximum absolute atomic E-state index is 12.7. The highest BCUT2D eigenvalue weighted by Crippen LogP contribution is 2.37. The van der Waals surface area contributed by atoms with E-state index in [1.807, 2.05) is 0 Å². The van der Waals surface area contributed by atoms with E-state index in [1.54, 1.807) is 25.1 Å². The molecule has 8 heteroatoms. The molecule has 128 valence electrons. The number of carboxylic acid groups (broad SMARTS) is 1. The molecule has 0 spiro atoms. The van der Waals surface area contributed by atoms with Crippen molar-refractivity contribution in [3.05, 3.63) is 52.7 Å². The lowest BCUT2D eigenvalue weighted by atomic mass is 10.2. The highest BCUT2D eigenvalue weighted by atomic mass is 35.5. The molecule has 0 radical (unpaired) electrons. The van der Waals surface area contributed by atoms with Crippen molar-refractivity contribution in [2.45, 2.75) is 23.6 Å². The molecule has 2 heterocycles. The molecule has 1 atom stereocenters. The molecule has 0 bridgehead atoms. The lowest BCUT2D eigenvalue weighted by Crippen LogP contribution is -2.31. The number of aryl methyl sites for hydroxylation is 1. The summed E-state index contributed by atoms with van der Waals surface area (Å²) < 4.78 is 0. The molecule has 2 aromatic rings. The molecule has 2 amide bonds. The highest BCUT2D eigenvalue weighted by Gasteiger charge is 2.41. The minimum absolute atomic E-state index is 0.000197. The Kier molecular flexibility index (Phi) is 4.78. The second kappa shape index (κ2) is 6.85. The summed E-state index contributed by atoms with van der Waals surface area (Å²) in [6.07, 6.45) is 1.41. The average molecular weight is 377 g/mol. The van der Waals surface area contributed by atoms with Gasteiger partial charge in [-0.25, -0.2) is 14.7 Å². The number of rotatable bonds is 4. The predicted octanol–water partition coefficient (Wildman–Crippen LogP) is 3.17. The minimum atomic E-state index is -1.13. The second-order valence-corrected chi connectivity index (χ2v) is 7.02. The van der Waals surface area contributed by atoms with Gasteiger partial charge in [0.1, 0.15) is 5.03 Å². The normalized spacial score (nSPS) is 17.2. The number of carboxylic acids is 1. The summed E-state index contributed by atoms with van der Waals surface area (Å²) in [5.41, 5.74) is 1.10. The zero-order valence-electron chi connectivity index (χ0n) is 13.1. The summed E-state index contributed by atoms with van der Waals surface area (Å²) >= 11 is 7.22. The third-order valence-electron chi connectivity index (χ3n) is 3.77. The van der Waals surface area contributed by atoms with Gasteiger partial charge in [0.2, 0.25) is 11.8 Å². The van der Waals surface area contributed by atoms with E-state index in [2.05, 4.69) is 4.98 Å². The number of thioether (sulfide) groups is 1. The van der Waals surface area contributed by atoms with Crippen LogP contribution in [0.2, 0.25) is 5.02 Å². The topological polar surface area (TPSA) is 87.6 Å². The molecule has 0 saturated carbocycles. The predicted molar refractivity (Wildman–Crippen MR) is 94.1 cm³/mol. The van der Waals surface area contributed by atoms with Crippen LogP contribution < -0.4 is 4.90 Å². The molecule has 1 fully saturated rings. The Hall–Kier alpha value is -2.38. The Bertz CT molecular complexity index is 887. The van der Waals surface area contributed by atoms with Gasteiger partial charge in [0.15, 0.2) is 0 Å². The van der Waals surface area contributed by atoms with Crippen molar-refractivity contribution in [1.29, 1.82) is 0 Å². The fourth-order valence-electron chi connectivity index (χ4n) is 2.54. The Balaban J connectivity index is 1.90. The zero-order valence-corrected chi connectivity index (χ0v) is 14.7. The van der Waals surface area contributed by atoms with Crippen molar-refractivity contribution >= 4 is 46.8 Å². The highest BCUT2D eigenvalue weighted by molar-refractivity contribution is 8.00. The summed E-state index contributed by atoms with van der Waals surface area (Å²) in [6, 6.07) is 8.04. The molecule has 0 aliphatic carbocycles. The third kappa shape index (κ3) is 3.25. The van der Waals surface area contributed by atoms with Crippen molar-refractivity contribution in [1.82, 2.24) is 4.98 Å². The third-order valence-corrected chi connectivity index (χ3v) is 5.47. The SMILES string of the molecule is Cc1cccc(N2C(=O)C[C@H](Sc3ncccc3C(=O)O)C2=O)c1Cl. The van der Waals surface area contributed by atoms with E-state index >= 15 is 0 Å². The number of hydrogen-bond donors (Lipinski definition) is 1. The Morgan fingerprint density at radius 1 is 1.32 bits per heavy atom. The fraction of sp³-hybridized carbons (Fsp3) is 0.176. The Morgan fingerprint density at radius 3 is 2.80 bits per heavy atom.